The van der Waals surface area contributed by atoms with E-state index in [4.69, 9.17) is 0 Å². The summed E-state index contributed by atoms with van der Waals surface area (Å²) in [5.74, 6) is 0. The van der Waals surface area contributed by atoms with Gasteiger partial charge in [0, 0.05) is 25.3 Å². The van der Waals surface area contributed by atoms with Crippen molar-refractivity contribution >= 4 is 5.69 Å². The first-order valence-electron chi connectivity index (χ1n) is 7.39. The molecular weight excluding hydrogens is 232 g/mol. The highest BCUT2D eigenvalue weighted by molar-refractivity contribution is 5.54. The third kappa shape index (κ3) is 4.54. The monoisotopic (exact) mass is 262 g/mol. The standard InChI is InChI=1S/C17H30N2/c1-7-12-18-13-15-10-8-9-11-16(15)19(6)14(2)17(3,4)5/h8-11,14,18H,7,12-13H2,1-6H3. The van der Waals surface area contributed by atoms with Crippen molar-refractivity contribution in [3.8, 4) is 0 Å². The Hall–Kier alpha value is -1.02. The van der Waals surface area contributed by atoms with Gasteiger partial charge in [-0.05, 0) is 36.9 Å². The first-order valence-corrected chi connectivity index (χ1v) is 7.39. The van der Waals surface area contributed by atoms with Crippen molar-refractivity contribution in [3.05, 3.63) is 29.8 Å². The van der Waals surface area contributed by atoms with Gasteiger partial charge in [-0.3, -0.25) is 0 Å². The van der Waals surface area contributed by atoms with Gasteiger partial charge in [0.15, 0.2) is 0 Å². The maximum absolute atomic E-state index is 3.50. The predicted octanol–water partition coefficient (Wildman–Crippen LogP) is 4.06. The Labute approximate surface area is 119 Å². The minimum Gasteiger partial charge on any atom is -0.371 e. The molecule has 0 saturated heterocycles. The number of anilines is 1. The summed E-state index contributed by atoms with van der Waals surface area (Å²) < 4.78 is 0. The van der Waals surface area contributed by atoms with E-state index in [1.807, 2.05) is 0 Å². The van der Waals surface area contributed by atoms with Crippen LogP contribution in [0.15, 0.2) is 24.3 Å². The van der Waals surface area contributed by atoms with Gasteiger partial charge >= 0.3 is 0 Å². The van der Waals surface area contributed by atoms with E-state index < -0.39 is 0 Å². The van der Waals surface area contributed by atoms with Crippen molar-refractivity contribution in [3.63, 3.8) is 0 Å². The van der Waals surface area contributed by atoms with E-state index in [9.17, 15) is 0 Å². The molecule has 0 amide bonds. The Morgan fingerprint density at radius 3 is 2.42 bits per heavy atom. The number of benzene rings is 1. The molecule has 0 heterocycles. The maximum atomic E-state index is 3.50. The molecule has 19 heavy (non-hydrogen) atoms. The molecule has 1 aromatic carbocycles. The van der Waals surface area contributed by atoms with Crippen LogP contribution in [-0.4, -0.2) is 19.6 Å². The molecular formula is C17H30N2. The van der Waals surface area contributed by atoms with Crippen LogP contribution < -0.4 is 10.2 Å². The zero-order valence-corrected chi connectivity index (χ0v) is 13.5. The zero-order valence-electron chi connectivity index (χ0n) is 13.5. The normalized spacial score (nSPS) is 13.4. The molecule has 1 aromatic rings. The molecule has 1 unspecified atom stereocenters. The van der Waals surface area contributed by atoms with Crippen LogP contribution in [-0.2, 0) is 6.54 Å². The minimum atomic E-state index is 0.276. The lowest BCUT2D eigenvalue weighted by atomic mass is 9.86. The second kappa shape index (κ2) is 6.95. The quantitative estimate of drug-likeness (QED) is 0.778. The molecule has 0 radical (unpaired) electrons. The van der Waals surface area contributed by atoms with E-state index in [2.05, 4.69) is 76.1 Å². The number of nitrogens with zero attached hydrogens (tertiary/aromatic N) is 1. The Bertz CT molecular complexity index is 379. The van der Waals surface area contributed by atoms with Crippen LogP contribution in [0.1, 0.15) is 46.6 Å². The third-order valence-electron chi connectivity index (χ3n) is 3.95. The zero-order chi connectivity index (χ0) is 14.5. The summed E-state index contributed by atoms with van der Waals surface area (Å²) in [6.07, 6.45) is 1.18. The molecule has 2 heteroatoms. The van der Waals surface area contributed by atoms with E-state index in [0.717, 1.165) is 13.1 Å². The van der Waals surface area contributed by atoms with Crippen LogP contribution in [0.3, 0.4) is 0 Å². The van der Waals surface area contributed by atoms with Gasteiger partial charge in [-0.25, -0.2) is 0 Å². The van der Waals surface area contributed by atoms with Gasteiger partial charge in [0.05, 0.1) is 0 Å². The molecule has 0 fully saturated rings. The summed E-state index contributed by atoms with van der Waals surface area (Å²) in [4.78, 5) is 2.41. The van der Waals surface area contributed by atoms with Crippen molar-refractivity contribution < 1.29 is 0 Å². The van der Waals surface area contributed by atoms with Crippen molar-refractivity contribution in [1.29, 1.82) is 0 Å². The summed E-state index contributed by atoms with van der Waals surface area (Å²) in [6.45, 7) is 13.4. The van der Waals surface area contributed by atoms with Crippen LogP contribution >= 0.6 is 0 Å². The van der Waals surface area contributed by atoms with Crippen LogP contribution in [0, 0.1) is 5.41 Å². The van der Waals surface area contributed by atoms with Gasteiger partial charge in [-0.2, -0.15) is 0 Å². The maximum Gasteiger partial charge on any atom is 0.0411 e. The van der Waals surface area contributed by atoms with Crippen molar-refractivity contribution in [2.45, 2.75) is 53.6 Å². The lowest BCUT2D eigenvalue weighted by Gasteiger charge is -2.38. The fraction of sp³-hybridized carbons (Fsp3) is 0.647. The first kappa shape index (κ1) is 16.0. The Balaban J connectivity index is 2.87. The molecule has 1 rings (SSSR count). The van der Waals surface area contributed by atoms with E-state index >= 15 is 0 Å². The fourth-order valence-electron chi connectivity index (χ4n) is 2.19. The molecule has 0 aliphatic carbocycles. The molecule has 1 atom stereocenters. The SMILES string of the molecule is CCCNCc1ccccc1N(C)C(C)C(C)(C)C. The number of hydrogen-bond donors (Lipinski definition) is 1. The summed E-state index contributed by atoms with van der Waals surface area (Å²) in [6, 6.07) is 9.21. The molecule has 1 N–H and O–H groups in total. The summed E-state index contributed by atoms with van der Waals surface area (Å²) >= 11 is 0. The number of nitrogens with one attached hydrogen (secondary N) is 1. The Kier molecular flexibility index (Phi) is 5.86. The van der Waals surface area contributed by atoms with Crippen LogP contribution in [0.5, 0.6) is 0 Å². The minimum absolute atomic E-state index is 0.276. The van der Waals surface area contributed by atoms with Gasteiger partial charge in [0.25, 0.3) is 0 Å². The van der Waals surface area contributed by atoms with Gasteiger partial charge in [-0.1, -0.05) is 45.9 Å². The largest absolute Gasteiger partial charge is 0.371 e. The Morgan fingerprint density at radius 2 is 1.84 bits per heavy atom. The topological polar surface area (TPSA) is 15.3 Å². The summed E-state index contributed by atoms with van der Waals surface area (Å²) in [5.41, 5.74) is 3.00. The fourth-order valence-corrected chi connectivity index (χ4v) is 2.19. The lowest BCUT2D eigenvalue weighted by molar-refractivity contribution is 0.329. The first-order chi connectivity index (χ1) is 8.88. The second-order valence-electron chi connectivity index (χ2n) is 6.46. The van der Waals surface area contributed by atoms with Gasteiger partial charge in [0.2, 0.25) is 0 Å². The molecule has 0 aliphatic rings. The lowest BCUT2D eigenvalue weighted by Crippen LogP contribution is -2.40. The van der Waals surface area contributed by atoms with Gasteiger partial charge in [-0.15, -0.1) is 0 Å². The van der Waals surface area contributed by atoms with E-state index in [1.165, 1.54) is 17.7 Å². The Morgan fingerprint density at radius 1 is 1.21 bits per heavy atom. The molecule has 108 valence electrons. The average molecular weight is 262 g/mol. The van der Waals surface area contributed by atoms with Gasteiger partial charge in [0.1, 0.15) is 0 Å². The summed E-state index contributed by atoms with van der Waals surface area (Å²) in [5, 5.41) is 3.50. The van der Waals surface area contributed by atoms with Gasteiger partial charge < -0.3 is 10.2 Å². The smallest absolute Gasteiger partial charge is 0.0411 e. The highest BCUT2D eigenvalue weighted by Gasteiger charge is 2.25. The molecule has 0 aliphatic heterocycles. The molecule has 0 spiro atoms. The third-order valence-corrected chi connectivity index (χ3v) is 3.95. The van der Waals surface area contributed by atoms with E-state index in [-0.39, 0.29) is 5.41 Å². The molecule has 2 nitrogen and oxygen atoms in total. The van der Waals surface area contributed by atoms with E-state index in [0.29, 0.717) is 6.04 Å². The number of hydrogen-bond acceptors (Lipinski definition) is 2. The van der Waals surface area contributed by atoms with E-state index in [1.54, 1.807) is 0 Å². The van der Waals surface area contributed by atoms with Crippen molar-refractivity contribution in [2.75, 3.05) is 18.5 Å². The second-order valence-corrected chi connectivity index (χ2v) is 6.46. The highest BCUT2D eigenvalue weighted by atomic mass is 15.1. The highest BCUT2D eigenvalue weighted by Crippen LogP contribution is 2.29. The number of rotatable bonds is 6. The van der Waals surface area contributed by atoms with Crippen LogP contribution in [0.4, 0.5) is 5.69 Å². The van der Waals surface area contributed by atoms with Crippen LogP contribution in [0.2, 0.25) is 0 Å². The molecule has 0 bridgehead atoms. The summed E-state index contributed by atoms with van der Waals surface area (Å²) in [7, 11) is 2.20. The number of para-hydroxylation sites is 1. The molecule has 0 saturated carbocycles. The van der Waals surface area contributed by atoms with Crippen molar-refractivity contribution in [2.24, 2.45) is 5.41 Å². The molecule has 0 aromatic heterocycles. The van der Waals surface area contributed by atoms with Crippen molar-refractivity contribution in [1.82, 2.24) is 5.32 Å². The van der Waals surface area contributed by atoms with Crippen LogP contribution in [0.25, 0.3) is 0 Å². The average Bonchev–Trinajstić information content (AvgIpc) is 2.37. The predicted molar refractivity (Wildman–Crippen MR) is 85.8 cm³/mol.